The number of fused-ring (bicyclic) bond motifs is 2. The van der Waals surface area contributed by atoms with E-state index in [-0.39, 0.29) is 15.8 Å². The number of sulfonamides is 1. The topological polar surface area (TPSA) is 77.4 Å². The number of nitrogens with zero attached hydrogens (tertiary/aromatic N) is 1. The van der Waals surface area contributed by atoms with E-state index in [4.69, 9.17) is 4.74 Å². The quantitative estimate of drug-likeness (QED) is 0.651. The van der Waals surface area contributed by atoms with E-state index in [1.54, 1.807) is 28.8 Å². The molecule has 1 aliphatic rings. The number of anilines is 1. The maximum atomic E-state index is 13.1. The lowest BCUT2D eigenvalue weighted by atomic mass is 9.92. The van der Waals surface area contributed by atoms with E-state index in [9.17, 15) is 13.2 Å². The summed E-state index contributed by atoms with van der Waals surface area (Å²) < 4.78 is 36.8. The number of aryl methyl sites for hydroxylation is 2. The maximum absolute atomic E-state index is 13.1. The van der Waals surface area contributed by atoms with Crippen LogP contribution in [0.1, 0.15) is 43.9 Å². The van der Waals surface area contributed by atoms with Crippen molar-refractivity contribution in [3.05, 3.63) is 51.1 Å². The van der Waals surface area contributed by atoms with Crippen LogP contribution in [0.3, 0.4) is 0 Å². The number of methoxy groups -OCH3 is 1. The zero-order chi connectivity index (χ0) is 20.8. The molecule has 6 nitrogen and oxygen atoms in total. The van der Waals surface area contributed by atoms with Crippen LogP contribution in [0, 0.1) is 0 Å². The van der Waals surface area contributed by atoms with Gasteiger partial charge < -0.3 is 4.74 Å². The maximum Gasteiger partial charge on any atom is 0.308 e. The molecule has 0 saturated carbocycles. The Balaban J connectivity index is 1.73. The highest BCUT2D eigenvalue weighted by Gasteiger charge is 2.24. The summed E-state index contributed by atoms with van der Waals surface area (Å²) in [5, 5.41) is 0. The number of hydrogen-bond acceptors (Lipinski definition) is 5. The predicted octanol–water partition coefficient (Wildman–Crippen LogP) is 4.33. The van der Waals surface area contributed by atoms with Crippen LogP contribution in [0.25, 0.3) is 10.2 Å². The molecule has 0 aliphatic heterocycles. The van der Waals surface area contributed by atoms with Crippen LogP contribution in [-0.2, 0) is 22.9 Å². The van der Waals surface area contributed by atoms with Crippen molar-refractivity contribution >= 4 is 37.3 Å². The fraction of sp³-hybridized carbons (Fsp3) is 0.381. The number of rotatable bonds is 5. The minimum Gasteiger partial charge on any atom is -0.495 e. The summed E-state index contributed by atoms with van der Waals surface area (Å²) in [6.45, 7) is 3.90. The summed E-state index contributed by atoms with van der Waals surface area (Å²) >= 11 is 1.12. The monoisotopic (exact) mass is 432 g/mol. The van der Waals surface area contributed by atoms with Gasteiger partial charge in [0.1, 0.15) is 10.6 Å². The number of benzene rings is 2. The van der Waals surface area contributed by atoms with Crippen LogP contribution >= 0.6 is 11.3 Å². The second kappa shape index (κ2) is 7.50. The number of thiazole rings is 1. The normalized spacial score (nSPS) is 14.2. The molecule has 0 atom stereocenters. The smallest absolute Gasteiger partial charge is 0.308 e. The molecule has 1 heterocycles. The van der Waals surface area contributed by atoms with Gasteiger partial charge in [-0.3, -0.25) is 14.1 Å². The first kappa shape index (κ1) is 20.0. The average molecular weight is 433 g/mol. The first-order chi connectivity index (χ1) is 13.8. The Labute approximate surface area is 174 Å². The van der Waals surface area contributed by atoms with Gasteiger partial charge in [-0.2, -0.15) is 0 Å². The third-order valence-corrected chi connectivity index (χ3v) is 7.62. The fourth-order valence-corrected chi connectivity index (χ4v) is 6.21. The molecule has 1 aromatic heterocycles. The molecule has 154 valence electrons. The molecule has 3 aromatic rings. The van der Waals surface area contributed by atoms with Crippen molar-refractivity contribution in [1.82, 2.24) is 4.57 Å². The molecule has 0 unspecified atom stereocenters. The lowest BCUT2D eigenvalue weighted by Gasteiger charge is -2.19. The summed E-state index contributed by atoms with van der Waals surface area (Å²) in [5.41, 5.74) is 3.46. The molecule has 0 saturated heterocycles. The molecule has 2 aromatic carbocycles. The Bertz CT molecular complexity index is 1240. The van der Waals surface area contributed by atoms with Gasteiger partial charge in [-0.05, 0) is 81.0 Å². The lowest BCUT2D eigenvalue weighted by molar-refractivity contribution is 0.401. The van der Waals surface area contributed by atoms with Crippen molar-refractivity contribution in [1.29, 1.82) is 0 Å². The van der Waals surface area contributed by atoms with Crippen LogP contribution in [0.4, 0.5) is 5.69 Å². The van der Waals surface area contributed by atoms with E-state index in [0.29, 0.717) is 11.4 Å². The number of hydrogen-bond donors (Lipinski definition) is 1. The van der Waals surface area contributed by atoms with Crippen LogP contribution in [0.2, 0.25) is 0 Å². The fourth-order valence-electron chi connectivity index (χ4n) is 3.91. The highest BCUT2D eigenvalue weighted by molar-refractivity contribution is 7.92. The Morgan fingerprint density at radius 3 is 2.45 bits per heavy atom. The highest BCUT2D eigenvalue weighted by Crippen LogP contribution is 2.33. The van der Waals surface area contributed by atoms with Crippen LogP contribution in [0.15, 0.2) is 40.0 Å². The van der Waals surface area contributed by atoms with Crippen molar-refractivity contribution in [2.75, 3.05) is 11.8 Å². The predicted molar refractivity (Wildman–Crippen MR) is 117 cm³/mol. The molecular weight excluding hydrogens is 408 g/mol. The van der Waals surface area contributed by atoms with E-state index >= 15 is 0 Å². The van der Waals surface area contributed by atoms with Gasteiger partial charge in [-0.1, -0.05) is 11.3 Å². The molecule has 0 radical (unpaired) electrons. The Morgan fingerprint density at radius 1 is 1.10 bits per heavy atom. The first-order valence-electron chi connectivity index (χ1n) is 9.68. The van der Waals surface area contributed by atoms with Crippen molar-refractivity contribution in [2.24, 2.45) is 0 Å². The van der Waals surface area contributed by atoms with E-state index in [1.165, 1.54) is 7.11 Å². The van der Waals surface area contributed by atoms with Crippen LogP contribution in [0.5, 0.6) is 5.75 Å². The molecule has 0 fully saturated rings. The average Bonchev–Trinajstić information content (AvgIpc) is 3.01. The molecule has 0 bridgehead atoms. The van der Waals surface area contributed by atoms with E-state index in [2.05, 4.69) is 4.72 Å². The van der Waals surface area contributed by atoms with Gasteiger partial charge in [0.2, 0.25) is 0 Å². The van der Waals surface area contributed by atoms with Crippen LogP contribution < -0.4 is 14.3 Å². The van der Waals surface area contributed by atoms with Crippen molar-refractivity contribution in [3.63, 3.8) is 0 Å². The van der Waals surface area contributed by atoms with E-state index in [0.717, 1.165) is 58.4 Å². The summed E-state index contributed by atoms with van der Waals surface area (Å²) in [6.07, 6.45) is 4.00. The van der Waals surface area contributed by atoms with Gasteiger partial charge in [-0.25, -0.2) is 8.42 Å². The summed E-state index contributed by atoms with van der Waals surface area (Å²) in [4.78, 5) is 12.3. The van der Waals surface area contributed by atoms with Gasteiger partial charge in [0.15, 0.2) is 0 Å². The molecular formula is C21H24N2O4S2. The second-order valence-corrected chi connectivity index (χ2v) is 10.2. The minimum absolute atomic E-state index is 0.0403. The highest BCUT2D eigenvalue weighted by atomic mass is 32.2. The first-order valence-corrected chi connectivity index (χ1v) is 12.0. The van der Waals surface area contributed by atoms with Crippen molar-refractivity contribution < 1.29 is 13.2 Å². The Kier molecular flexibility index (Phi) is 5.16. The summed E-state index contributed by atoms with van der Waals surface area (Å²) in [5.74, 6) is 0.356. The van der Waals surface area contributed by atoms with E-state index in [1.807, 2.05) is 19.9 Å². The van der Waals surface area contributed by atoms with E-state index < -0.39 is 10.0 Å². The summed E-state index contributed by atoms with van der Waals surface area (Å²) in [7, 11) is -2.35. The van der Waals surface area contributed by atoms with Crippen LogP contribution in [-0.4, -0.2) is 20.1 Å². The molecule has 1 aliphatic carbocycles. The van der Waals surface area contributed by atoms with Crippen molar-refractivity contribution in [2.45, 2.75) is 50.5 Å². The molecule has 0 spiro atoms. The lowest BCUT2D eigenvalue weighted by Crippen LogP contribution is -2.16. The van der Waals surface area contributed by atoms with Gasteiger partial charge in [-0.15, -0.1) is 0 Å². The SMILES string of the molecule is COc1cc2c(cc1S(=O)(=O)Nc1ccc3c(c1)sc(=O)n3C(C)C)CCCC2. The number of ether oxygens (including phenoxy) is 1. The van der Waals surface area contributed by atoms with Gasteiger partial charge in [0, 0.05) is 6.04 Å². The zero-order valence-corrected chi connectivity index (χ0v) is 18.3. The molecule has 0 amide bonds. The second-order valence-electron chi connectivity index (χ2n) is 7.60. The Morgan fingerprint density at radius 2 is 1.79 bits per heavy atom. The molecule has 29 heavy (non-hydrogen) atoms. The molecule has 8 heteroatoms. The molecule has 4 rings (SSSR count). The Hall–Kier alpha value is -2.32. The standard InChI is InChI=1S/C21H24N2O4S2/c1-13(2)23-17-9-8-16(12-19(17)28-21(23)24)22-29(25,26)20-11-15-7-5-4-6-14(15)10-18(20)27-3/h8-13,22H,4-7H2,1-3H3. The zero-order valence-electron chi connectivity index (χ0n) is 16.7. The summed E-state index contributed by atoms with van der Waals surface area (Å²) in [6, 6.07) is 8.81. The minimum atomic E-state index is -3.83. The van der Waals surface area contributed by atoms with Crippen molar-refractivity contribution in [3.8, 4) is 5.75 Å². The number of nitrogens with one attached hydrogen (secondary N) is 1. The third-order valence-electron chi connectivity index (χ3n) is 5.30. The van der Waals surface area contributed by atoms with Gasteiger partial charge in [0.05, 0.1) is 23.0 Å². The number of aromatic nitrogens is 1. The molecule has 1 N–H and O–H groups in total. The third kappa shape index (κ3) is 3.67. The van der Waals surface area contributed by atoms with Gasteiger partial charge >= 0.3 is 4.87 Å². The van der Waals surface area contributed by atoms with Gasteiger partial charge in [0.25, 0.3) is 10.0 Å². The largest absolute Gasteiger partial charge is 0.495 e.